The highest BCUT2D eigenvalue weighted by atomic mass is 79.9. The van der Waals surface area contributed by atoms with Gasteiger partial charge in [0.1, 0.15) is 5.84 Å². The van der Waals surface area contributed by atoms with E-state index in [9.17, 15) is 0 Å². The zero-order valence-electron chi connectivity index (χ0n) is 15.4. The lowest BCUT2D eigenvalue weighted by Crippen LogP contribution is -2.17. The van der Waals surface area contributed by atoms with Crippen molar-refractivity contribution in [2.75, 3.05) is 18.9 Å². The first-order chi connectivity index (χ1) is 12.5. The van der Waals surface area contributed by atoms with E-state index in [0.717, 1.165) is 50.6 Å². The van der Waals surface area contributed by atoms with Gasteiger partial charge in [0.2, 0.25) is 0 Å². The molecule has 2 aromatic carbocycles. The number of halogens is 2. The molecule has 0 atom stereocenters. The number of hydrogen-bond donors (Lipinski definition) is 2. The number of aliphatic imine (C=N–C) groups is 1. The van der Waals surface area contributed by atoms with Gasteiger partial charge in [-0.3, -0.25) is 4.99 Å². The number of nitrogens with two attached hydrogens (primary N) is 1. The Labute approximate surface area is 169 Å². The van der Waals surface area contributed by atoms with E-state index in [0.29, 0.717) is 6.54 Å². The lowest BCUT2D eigenvalue weighted by Gasteiger charge is -2.19. The summed E-state index contributed by atoms with van der Waals surface area (Å²) in [4.78, 5) is 4.54. The number of anilines is 1. The molecule has 0 saturated heterocycles. The quantitative estimate of drug-likeness (QED) is 0.428. The van der Waals surface area contributed by atoms with Crippen LogP contribution in [-0.2, 0) is 0 Å². The Morgan fingerprint density at radius 3 is 2.42 bits per heavy atom. The van der Waals surface area contributed by atoms with Crippen molar-refractivity contribution < 1.29 is 0 Å². The van der Waals surface area contributed by atoms with E-state index in [1.807, 2.05) is 37.3 Å². The minimum Gasteiger partial charge on any atom is -0.340 e. The Hall–Kier alpha value is -1.62. The first kappa shape index (κ1) is 20.7. The molecule has 0 saturated carbocycles. The van der Waals surface area contributed by atoms with Gasteiger partial charge in [0.25, 0.3) is 0 Å². The lowest BCUT2D eigenvalue weighted by molar-refractivity contribution is 0.899. The maximum absolute atomic E-state index is 6.28. The Morgan fingerprint density at radius 2 is 1.88 bits per heavy atom. The molecule has 0 aliphatic rings. The zero-order valence-corrected chi connectivity index (χ0v) is 17.8. The second-order valence-electron chi connectivity index (χ2n) is 6.04. The number of aryl methyl sites for hydroxylation is 1. The largest absolute Gasteiger partial charge is 0.340 e. The van der Waals surface area contributed by atoms with Gasteiger partial charge in [0.15, 0.2) is 0 Å². The van der Waals surface area contributed by atoms with E-state index in [4.69, 9.17) is 17.3 Å². The van der Waals surface area contributed by atoms with Crippen LogP contribution in [-0.4, -0.2) is 19.4 Å². The summed E-state index contributed by atoms with van der Waals surface area (Å²) in [5.74, 6) is 0.817. The van der Waals surface area contributed by atoms with E-state index in [1.165, 1.54) is 5.57 Å². The topological polar surface area (TPSA) is 50.4 Å². The molecule has 5 heteroatoms. The van der Waals surface area contributed by atoms with Gasteiger partial charge in [-0.25, -0.2) is 0 Å². The van der Waals surface area contributed by atoms with Crippen LogP contribution in [0.5, 0.6) is 0 Å². The molecule has 3 N–H and O–H groups in total. The fourth-order valence-corrected chi connectivity index (χ4v) is 3.26. The molecule has 0 bridgehead atoms. The molecule has 0 amide bonds. The van der Waals surface area contributed by atoms with Gasteiger partial charge >= 0.3 is 0 Å². The van der Waals surface area contributed by atoms with E-state index < -0.39 is 0 Å². The van der Waals surface area contributed by atoms with Crippen LogP contribution in [0.15, 0.2) is 57.5 Å². The molecule has 2 rings (SSSR count). The number of nitrogens with zero attached hydrogens (tertiary/aromatic N) is 1. The first-order valence-corrected chi connectivity index (χ1v) is 9.85. The van der Waals surface area contributed by atoms with Gasteiger partial charge in [-0.2, -0.15) is 0 Å². The second kappa shape index (κ2) is 9.91. The van der Waals surface area contributed by atoms with Crippen molar-refractivity contribution in [2.24, 2.45) is 10.7 Å². The maximum Gasteiger partial charge on any atom is 0.133 e. The van der Waals surface area contributed by atoms with E-state index in [-0.39, 0.29) is 0 Å². The predicted molar refractivity (Wildman–Crippen MR) is 118 cm³/mol. The van der Waals surface area contributed by atoms with Crippen LogP contribution in [0.3, 0.4) is 0 Å². The third-order valence-corrected chi connectivity index (χ3v) is 5.19. The van der Waals surface area contributed by atoms with Gasteiger partial charge < -0.3 is 11.1 Å². The molecule has 0 heterocycles. The van der Waals surface area contributed by atoms with Crippen molar-refractivity contribution in [1.29, 1.82) is 0 Å². The Balaban J connectivity index is 2.50. The molecule has 0 aliphatic heterocycles. The van der Waals surface area contributed by atoms with Gasteiger partial charge in [-0.15, -0.1) is 0 Å². The molecule has 0 fully saturated rings. The number of nitrogens with one attached hydrogen (secondary N) is 1. The highest BCUT2D eigenvalue weighted by Crippen LogP contribution is 2.28. The fraction of sp³-hybridized carbons (Fsp3) is 0.286. The first-order valence-electron chi connectivity index (χ1n) is 8.68. The SMILES string of the molecule is CC/C(CCN)=C(\C(=NC)Nc1ccc(C)c(Cl)c1)c1ccc(Br)cc1. The summed E-state index contributed by atoms with van der Waals surface area (Å²) in [6, 6.07) is 14.2. The fourth-order valence-electron chi connectivity index (χ4n) is 2.82. The third-order valence-electron chi connectivity index (χ3n) is 4.25. The summed E-state index contributed by atoms with van der Waals surface area (Å²) in [5.41, 5.74) is 11.3. The average Bonchev–Trinajstić information content (AvgIpc) is 2.64. The summed E-state index contributed by atoms with van der Waals surface area (Å²) >= 11 is 9.79. The molecule has 0 aromatic heterocycles. The monoisotopic (exact) mass is 433 g/mol. The standard InChI is InChI=1S/C21H25BrClN3/c1-4-15(11-12-24)20(16-6-8-17(22)9-7-16)21(25-3)26-18-10-5-14(2)19(23)13-18/h5-10,13H,4,11-12,24H2,1-3H3,(H,25,26)/b20-15+. The van der Waals surface area contributed by atoms with Crippen molar-refractivity contribution in [3.63, 3.8) is 0 Å². The van der Waals surface area contributed by atoms with Gasteiger partial charge in [0, 0.05) is 27.8 Å². The minimum absolute atomic E-state index is 0.608. The number of amidine groups is 1. The van der Waals surface area contributed by atoms with Crippen molar-refractivity contribution in [1.82, 2.24) is 0 Å². The Kier molecular flexibility index (Phi) is 7.88. The highest BCUT2D eigenvalue weighted by molar-refractivity contribution is 9.10. The molecule has 0 aliphatic carbocycles. The van der Waals surface area contributed by atoms with Crippen molar-refractivity contribution >= 4 is 44.6 Å². The van der Waals surface area contributed by atoms with Crippen LogP contribution >= 0.6 is 27.5 Å². The van der Waals surface area contributed by atoms with Gasteiger partial charge in [-0.05, 0) is 61.7 Å². The van der Waals surface area contributed by atoms with E-state index >= 15 is 0 Å². The van der Waals surface area contributed by atoms with Gasteiger partial charge in [-0.1, -0.05) is 58.2 Å². The summed E-state index contributed by atoms with van der Waals surface area (Å²) in [6.07, 6.45) is 1.75. The van der Waals surface area contributed by atoms with Crippen molar-refractivity contribution in [3.05, 3.63) is 68.7 Å². The normalized spacial score (nSPS) is 12.8. The summed E-state index contributed by atoms with van der Waals surface area (Å²) in [6.45, 7) is 4.75. The van der Waals surface area contributed by atoms with Crippen LogP contribution in [0.1, 0.15) is 30.9 Å². The minimum atomic E-state index is 0.608. The Bertz CT molecular complexity index is 811. The molecule has 138 valence electrons. The van der Waals surface area contributed by atoms with Gasteiger partial charge in [0.05, 0.1) is 0 Å². The molecule has 2 aromatic rings. The van der Waals surface area contributed by atoms with Crippen molar-refractivity contribution in [3.8, 4) is 0 Å². The molecule has 0 spiro atoms. The van der Waals surface area contributed by atoms with Crippen LogP contribution in [0.4, 0.5) is 5.69 Å². The van der Waals surface area contributed by atoms with Crippen LogP contribution in [0.2, 0.25) is 5.02 Å². The second-order valence-corrected chi connectivity index (χ2v) is 7.36. The third kappa shape index (κ3) is 5.19. The van der Waals surface area contributed by atoms with Crippen LogP contribution in [0, 0.1) is 6.92 Å². The van der Waals surface area contributed by atoms with Crippen LogP contribution in [0.25, 0.3) is 5.57 Å². The number of hydrogen-bond acceptors (Lipinski definition) is 2. The molecular formula is C21H25BrClN3. The molecule has 0 unspecified atom stereocenters. The lowest BCUT2D eigenvalue weighted by atomic mass is 9.94. The zero-order chi connectivity index (χ0) is 19.1. The molecule has 26 heavy (non-hydrogen) atoms. The predicted octanol–water partition coefficient (Wildman–Crippen LogP) is 6.06. The smallest absolute Gasteiger partial charge is 0.133 e. The number of rotatable bonds is 6. The average molecular weight is 435 g/mol. The summed E-state index contributed by atoms with van der Waals surface area (Å²) in [5, 5.41) is 4.17. The van der Waals surface area contributed by atoms with Crippen LogP contribution < -0.4 is 11.1 Å². The number of benzene rings is 2. The van der Waals surface area contributed by atoms with E-state index in [2.05, 4.69) is 45.3 Å². The molecular weight excluding hydrogens is 410 g/mol. The summed E-state index contributed by atoms with van der Waals surface area (Å²) < 4.78 is 1.05. The van der Waals surface area contributed by atoms with Crippen molar-refractivity contribution in [2.45, 2.75) is 26.7 Å². The highest BCUT2D eigenvalue weighted by Gasteiger charge is 2.15. The maximum atomic E-state index is 6.28. The Morgan fingerprint density at radius 1 is 1.19 bits per heavy atom. The van der Waals surface area contributed by atoms with E-state index in [1.54, 1.807) is 7.05 Å². The molecule has 0 radical (unpaired) electrons. The molecule has 3 nitrogen and oxygen atoms in total. The summed E-state index contributed by atoms with van der Waals surface area (Å²) in [7, 11) is 1.80.